The van der Waals surface area contributed by atoms with Crippen molar-refractivity contribution in [1.82, 2.24) is 9.78 Å². The summed E-state index contributed by atoms with van der Waals surface area (Å²) in [6.07, 6.45) is 0.968. The zero-order chi connectivity index (χ0) is 15.0. The molecule has 1 aliphatic heterocycles. The van der Waals surface area contributed by atoms with Crippen LogP contribution in [0.15, 0.2) is 0 Å². The molecule has 0 aliphatic carbocycles. The second kappa shape index (κ2) is 5.40. The second-order valence-corrected chi connectivity index (χ2v) is 5.89. The lowest BCUT2D eigenvalue weighted by Crippen LogP contribution is -2.31. The highest BCUT2D eigenvalue weighted by Gasteiger charge is 2.37. The average Bonchev–Trinajstić information content (AvgIpc) is 2.89. The number of nitrogens with zero attached hydrogens (tertiary/aromatic N) is 4. The van der Waals surface area contributed by atoms with Crippen LogP contribution in [-0.2, 0) is 0 Å². The van der Waals surface area contributed by atoms with Crippen molar-refractivity contribution in [2.45, 2.75) is 46.2 Å². The average molecular weight is 281 g/mol. The maximum absolute atomic E-state index is 11.4. The molecule has 112 valence electrons. The molecule has 1 saturated heterocycles. The summed E-state index contributed by atoms with van der Waals surface area (Å²) < 4.78 is 1.77. The molecule has 20 heavy (non-hydrogen) atoms. The van der Waals surface area contributed by atoms with Crippen molar-refractivity contribution in [3.63, 3.8) is 0 Å². The van der Waals surface area contributed by atoms with E-state index in [1.807, 2.05) is 13.8 Å². The van der Waals surface area contributed by atoms with E-state index >= 15 is 0 Å². The molecule has 2 heterocycles. The monoisotopic (exact) mass is 281 g/mol. The molecule has 0 amide bonds. The summed E-state index contributed by atoms with van der Waals surface area (Å²) in [5, 5.41) is 15.8. The van der Waals surface area contributed by atoms with E-state index in [0.717, 1.165) is 13.0 Å². The van der Waals surface area contributed by atoms with Gasteiger partial charge in [0.1, 0.15) is 5.69 Å². The summed E-state index contributed by atoms with van der Waals surface area (Å²) in [5.41, 5.74) is 6.36. The summed E-state index contributed by atoms with van der Waals surface area (Å²) >= 11 is 0. The molecule has 1 aromatic heterocycles. The van der Waals surface area contributed by atoms with Gasteiger partial charge in [-0.05, 0) is 46.6 Å². The van der Waals surface area contributed by atoms with Crippen LogP contribution >= 0.6 is 0 Å². The minimum absolute atomic E-state index is 0.0847. The molecule has 7 heteroatoms. The van der Waals surface area contributed by atoms with Crippen LogP contribution in [0.5, 0.6) is 0 Å². The molecule has 2 unspecified atom stereocenters. The Bertz CT molecular complexity index is 511. The van der Waals surface area contributed by atoms with Gasteiger partial charge in [-0.2, -0.15) is 5.10 Å². The van der Waals surface area contributed by atoms with E-state index in [0.29, 0.717) is 24.0 Å². The van der Waals surface area contributed by atoms with Crippen LogP contribution in [-0.4, -0.2) is 33.8 Å². The van der Waals surface area contributed by atoms with Gasteiger partial charge in [-0.15, -0.1) is 0 Å². The SMILES string of the molecule is Cc1nn(C(C)C)c(N2CC(CN)CC2C)c1[N+](=O)[O-]. The lowest BCUT2D eigenvalue weighted by atomic mass is 10.1. The zero-order valence-electron chi connectivity index (χ0n) is 12.5. The molecule has 0 radical (unpaired) electrons. The molecule has 1 aliphatic rings. The van der Waals surface area contributed by atoms with Crippen LogP contribution < -0.4 is 10.6 Å². The number of anilines is 1. The van der Waals surface area contributed by atoms with Crippen molar-refractivity contribution in [2.24, 2.45) is 11.7 Å². The van der Waals surface area contributed by atoms with Crippen LogP contribution in [0, 0.1) is 23.0 Å². The Morgan fingerprint density at radius 3 is 2.65 bits per heavy atom. The lowest BCUT2D eigenvalue weighted by Gasteiger charge is -2.24. The molecule has 2 rings (SSSR count). The first-order valence-electron chi connectivity index (χ1n) is 7.07. The van der Waals surface area contributed by atoms with Gasteiger partial charge in [0.25, 0.3) is 0 Å². The van der Waals surface area contributed by atoms with Crippen LogP contribution in [0.4, 0.5) is 11.5 Å². The molecule has 0 saturated carbocycles. The summed E-state index contributed by atoms with van der Waals surface area (Å²) in [6.45, 7) is 9.13. The van der Waals surface area contributed by atoms with Crippen LogP contribution in [0.25, 0.3) is 0 Å². The van der Waals surface area contributed by atoms with Gasteiger partial charge in [0.15, 0.2) is 0 Å². The van der Waals surface area contributed by atoms with E-state index in [1.54, 1.807) is 11.6 Å². The second-order valence-electron chi connectivity index (χ2n) is 5.89. The van der Waals surface area contributed by atoms with Crippen molar-refractivity contribution < 1.29 is 4.92 Å². The fourth-order valence-electron chi connectivity index (χ4n) is 2.98. The molecular formula is C13H23N5O2. The molecule has 0 aromatic carbocycles. The van der Waals surface area contributed by atoms with E-state index in [9.17, 15) is 10.1 Å². The molecule has 7 nitrogen and oxygen atoms in total. The van der Waals surface area contributed by atoms with Crippen LogP contribution in [0.3, 0.4) is 0 Å². The van der Waals surface area contributed by atoms with E-state index < -0.39 is 0 Å². The van der Waals surface area contributed by atoms with E-state index in [4.69, 9.17) is 5.73 Å². The third kappa shape index (κ3) is 2.37. The summed E-state index contributed by atoms with van der Waals surface area (Å²) in [6, 6.07) is 0.331. The van der Waals surface area contributed by atoms with Gasteiger partial charge in [-0.25, -0.2) is 4.68 Å². The highest BCUT2D eigenvalue weighted by atomic mass is 16.6. The minimum Gasteiger partial charge on any atom is -0.348 e. The predicted molar refractivity (Wildman–Crippen MR) is 78.0 cm³/mol. The van der Waals surface area contributed by atoms with Crippen molar-refractivity contribution in [3.8, 4) is 0 Å². The molecule has 2 N–H and O–H groups in total. The number of nitro groups is 1. The maximum atomic E-state index is 11.4. The van der Waals surface area contributed by atoms with Crippen LogP contribution in [0.1, 0.15) is 38.9 Å². The van der Waals surface area contributed by atoms with Gasteiger partial charge in [-0.1, -0.05) is 0 Å². The Kier molecular flexibility index (Phi) is 3.99. The molecule has 0 spiro atoms. The fraction of sp³-hybridized carbons (Fsp3) is 0.769. The Morgan fingerprint density at radius 1 is 1.55 bits per heavy atom. The van der Waals surface area contributed by atoms with Gasteiger partial charge in [0.05, 0.1) is 4.92 Å². The largest absolute Gasteiger partial charge is 0.348 e. The topological polar surface area (TPSA) is 90.2 Å². The molecule has 1 aromatic rings. The standard InChI is InChI=1S/C13H23N5O2/c1-8(2)17-13(12(18(19)20)10(4)15-17)16-7-11(6-14)5-9(16)3/h8-9,11H,5-7,14H2,1-4H3. The number of aromatic nitrogens is 2. The van der Waals surface area contributed by atoms with Crippen LogP contribution in [0.2, 0.25) is 0 Å². The van der Waals surface area contributed by atoms with Crippen molar-refractivity contribution in [1.29, 1.82) is 0 Å². The number of hydrogen-bond donors (Lipinski definition) is 1. The quantitative estimate of drug-likeness (QED) is 0.672. The first-order chi connectivity index (χ1) is 9.36. The smallest absolute Gasteiger partial charge is 0.333 e. The predicted octanol–water partition coefficient (Wildman–Crippen LogP) is 1.85. The van der Waals surface area contributed by atoms with Gasteiger partial charge in [-0.3, -0.25) is 10.1 Å². The van der Waals surface area contributed by atoms with Crippen molar-refractivity contribution in [3.05, 3.63) is 15.8 Å². The van der Waals surface area contributed by atoms with Gasteiger partial charge < -0.3 is 10.6 Å². The highest BCUT2D eigenvalue weighted by Crippen LogP contribution is 2.38. The third-order valence-corrected chi connectivity index (χ3v) is 3.97. The number of rotatable bonds is 4. The lowest BCUT2D eigenvalue weighted by molar-refractivity contribution is -0.384. The summed E-state index contributed by atoms with van der Waals surface area (Å²) in [7, 11) is 0. The first kappa shape index (κ1) is 14.8. The molecule has 1 fully saturated rings. The Balaban J connectivity index is 2.51. The van der Waals surface area contributed by atoms with Gasteiger partial charge >= 0.3 is 5.69 Å². The number of aryl methyl sites for hydroxylation is 1. The summed E-state index contributed by atoms with van der Waals surface area (Å²) in [4.78, 5) is 13.2. The molecular weight excluding hydrogens is 258 g/mol. The fourth-order valence-corrected chi connectivity index (χ4v) is 2.98. The first-order valence-corrected chi connectivity index (χ1v) is 7.07. The minimum atomic E-state index is -0.320. The number of nitrogens with two attached hydrogens (primary N) is 1. The van der Waals surface area contributed by atoms with E-state index in [-0.39, 0.29) is 22.7 Å². The van der Waals surface area contributed by atoms with E-state index in [2.05, 4.69) is 16.9 Å². The van der Waals surface area contributed by atoms with Gasteiger partial charge in [0, 0.05) is 18.6 Å². The van der Waals surface area contributed by atoms with E-state index in [1.165, 1.54) is 0 Å². The zero-order valence-corrected chi connectivity index (χ0v) is 12.5. The molecule has 0 bridgehead atoms. The normalized spacial score (nSPS) is 22.8. The number of hydrogen-bond acceptors (Lipinski definition) is 5. The maximum Gasteiger partial charge on any atom is 0.333 e. The Hall–Kier alpha value is -1.63. The molecule has 2 atom stereocenters. The Morgan fingerprint density at radius 2 is 2.20 bits per heavy atom. The third-order valence-electron chi connectivity index (χ3n) is 3.97. The van der Waals surface area contributed by atoms with Gasteiger partial charge in [0.2, 0.25) is 5.82 Å². The van der Waals surface area contributed by atoms with Crippen molar-refractivity contribution >= 4 is 11.5 Å². The Labute approximate surface area is 118 Å². The highest BCUT2D eigenvalue weighted by molar-refractivity contribution is 5.62. The van der Waals surface area contributed by atoms with Crippen molar-refractivity contribution in [2.75, 3.05) is 18.0 Å². The summed E-state index contributed by atoms with van der Waals surface area (Å²) in [5.74, 6) is 1.02.